The van der Waals surface area contributed by atoms with Crippen LogP contribution in [0.5, 0.6) is 0 Å². The number of benzene rings is 1. The van der Waals surface area contributed by atoms with Gasteiger partial charge in [0.1, 0.15) is 5.76 Å². The zero-order chi connectivity index (χ0) is 13.8. The molecular formula is C16H16N2O2. The molecule has 3 rings (SSSR count). The minimum absolute atomic E-state index is 0.303. The normalized spacial score (nSPS) is 12.2. The summed E-state index contributed by atoms with van der Waals surface area (Å²) in [4.78, 5) is 3.92. The second-order valence-electron chi connectivity index (χ2n) is 4.77. The van der Waals surface area contributed by atoms with E-state index < -0.39 is 0 Å². The Balaban J connectivity index is 1.63. The Morgan fingerprint density at radius 3 is 2.65 bits per heavy atom. The van der Waals surface area contributed by atoms with Crippen LogP contribution < -0.4 is 5.32 Å². The smallest absolute Gasteiger partial charge is 0.181 e. The van der Waals surface area contributed by atoms with Crippen LogP contribution in [0.2, 0.25) is 0 Å². The Bertz CT molecular complexity index is 628. The van der Waals surface area contributed by atoms with Gasteiger partial charge in [-0.1, -0.05) is 0 Å². The van der Waals surface area contributed by atoms with Gasteiger partial charge in [-0.15, -0.1) is 0 Å². The number of hydrogen-bond acceptors (Lipinski definition) is 4. The lowest BCUT2D eigenvalue weighted by Crippen LogP contribution is -2.17. The van der Waals surface area contributed by atoms with Crippen LogP contribution in [0.25, 0.3) is 11.3 Å². The Morgan fingerprint density at radius 1 is 1.15 bits per heavy atom. The molecule has 1 unspecified atom stereocenters. The third-order valence-corrected chi connectivity index (χ3v) is 3.10. The minimum Gasteiger partial charge on any atom is -0.469 e. The molecule has 0 fully saturated rings. The molecule has 0 aliphatic carbocycles. The summed E-state index contributed by atoms with van der Waals surface area (Å²) in [5.41, 5.74) is 2.10. The van der Waals surface area contributed by atoms with Crippen LogP contribution in [0.4, 0.5) is 5.69 Å². The maximum atomic E-state index is 5.35. The van der Waals surface area contributed by atoms with Crippen molar-refractivity contribution in [1.29, 1.82) is 0 Å². The number of furan rings is 1. The van der Waals surface area contributed by atoms with Crippen molar-refractivity contribution in [2.24, 2.45) is 0 Å². The molecule has 102 valence electrons. The van der Waals surface area contributed by atoms with E-state index in [9.17, 15) is 0 Å². The number of aromatic nitrogens is 1. The lowest BCUT2D eigenvalue weighted by molar-refractivity contribution is 0.498. The molecule has 1 atom stereocenters. The van der Waals surface area contributed by atoms with E-state index in [4.69, 9.17) is 8.83 Å². The molecule has 0 saturated heterocycles. The first-order chi connectivity index (χ1) is 9.81. The van der Waals surface area contributed by atoms with Gasteiger partial charge >= 0.3 is 0 Å². The molecule has 4 heteroatoms. The Labute approximate surface area is 117 Å². The second-order valence-corrected chi connectivity index (χ2v) is 4.77. The number of anilines is 1. The van der Waals surface area contributed by atoms with Crippen molar-refractivity contribution in [3.63, 3.8) is 0 Å². The van der Waals surface area contributed by atoms with Crippen molar-refractivity contribution in [2.45, 2.75) is 19.4 Å². The number of hydrogen-bond donors (Lipinski definition) is 1. The van der Waals surface area contributed by atoms with Gasteiger partial charge < -0.3 is 14.2 Å². The van der Waals surface area contributed by atoms with E-state index in [0.717, 1.165) is 29.2 Å². The molecule has 0 radical (unpaired) electrons. The third-order valence-electron chi connectivity index (χ3n) is 3.10. The molecule has 20 heavy (non-hydrogen) atoms. The highest BCUT2D eigenvalue weighted by atomic mass is 16.3. The molecule has 0 aliphatic heterocycles. The summed E-state index contributed by atoms with van der Waals surface area (Å²) >= 11 is 0. The van der Waals surface area contributed by atoms with Gasteiger partial charge in [0.15, 0.2) is 12.2 Å². The standard InChI is InChI=1S/C16H16N2O2/c1-12(9-15-3-2-8-19-15)18-14-6-4-13(5-7-14)16-10-17-11-20-16/h2-8,10-12,18H,9H2,1H3. The van der Waals surface area contributed by atoms with Crippen molar-refractivity contribution >= 4 is 5.69 Å². The molecule has 4 nitrogen and oxygen atoms in total. The van der Waals surface area contributed by atoms with E-state index in [0.29, 0.717) is 6.04 Å². The Hall–Kier alpha value is -2.49. The molecule has 2 aromatic heterocycles. The molecule has 3 aromatic rings. The fourth-order valence-corrected chi connectivity index (χ4v) is 2.16. The van der Waals surface area contributed by atoms with Gasteiger partial charge in [-0.2, -0.15) is 0 Å². The van der Waals surface area contributed by atoms with E-state index in [-0.39, 0.29) is 0 Å². The fraction of sp³-hybridized carbons (Fsp3) is 0.188. The van der Waals surface area contributed by atoms with Crippen LogP contribution >= 0.6 is 0 Å². The fourth-order valence-electron chi connectivity index (χ4n) is 2.16. The molecule has 0 amide bonds. The zero-order valence-corrected chi connectivity index (χ0v) is 11.2. The van der Waals surface area contributed by atoms with Crippen molar-refractivity contribution in [1.82, 2.24) is 4.98 Å². The van der Waals surface area contributed by atoms with E-state index in [1.54, 1.807) is 12.5 Å². The topological polar surface area (TPSA) is 51.2 Å². The SMILES string of the molecule is CC(Cc1ccco1)Nc1ccc(-c2cnco2)cc1. The Kier molecular flexibility index (Phi) is 3.54. The summed E-state index contributed by atoms with van der Waals surface area (Å²) in [5.74, 6) is 1.77. The monoisotopic (exact) mass is 268 g/mol. The van der Waals surface area contributed by atoms with Crippen molar-refractivity contribution in [3.8, 4) is 11.3 Å². The molecule has 0 spiro atoms. The molecule has 0 aliphatic rings. The Morgan fingerprint density at radius 2 is 2.00 bits per heavy atom. The molecular weight excluding hydrogens is 252 g/mol. The highest BCUT2D eigenvalue weighted by Crippen LogP contribution is 2.21. The molecule has 0 saturated carbocycles. The van der Waals surface area contributed by atoms with Crippen molar-refractivity contribution in [2.75, 3.05) is 5.32 Å². The van der Waals surface area contributed by atoms with Crippen LogP contribution in [0, 0.1) is 0 Å². The van der Waals surface area contributed by atoms with E-state index >= 15 is 0 Å². The van der Waals surface area contributed by atoms with Gasteiger partial charge in [-0.3, -0.25) is 0 Å². The summed E-state index contributed by atoms with van der Waals surface area (Å²) in [6.07, 6.45) is 5.71. The predicted molar refractivity (Wildman–Crippen MR) is 77.4 cm³/mol. The molecule has 1 N–H and O–H groups in total. The van der Waals surface area contributed by atoms with Crippen molar-refractivity contribution < 1.29 is 8.83 Å². The first-order valence-corrected chi connectivity index (χ1v) is 6.59. The summed E-state index contributed by atoms with van der Waals surface area (Å²) in [5, 5.41) is 3.45. The molecule has 1 aromatic carbocycles. The quantitative estimate of drug-likeness (QED) is 0.760. The van der Waals surface area contributed by atoms with Gasteiger partial charge in [-0.05, 0) is 43.3 Å². The van der Waals surface area contributed by atoms with Gasteiger partial charge in [0.05, 0.1) is 12.5 Å². The number of oxazole rings is 1. The van der Waals surface area contributed by atoms with Crippen molar-refractivity contribution in [3.05, 3.63) is 61.0 Å². The number of nitrogens with zero attached hydrogens (tertiary/aromatic N) is 1. The predicted octanol–water partition coefficient (Wildman–Crippen LogP) is 3.98. The number of rotatable bonds is 5. The summed E-state index contributed by atoms with van der Waals surface area (Å²) in [6.45, 7) is 2.13. The maximum absolute atomic E-state index is 5.35. The summed E-state index contributed by atoms with van der Waals surface area (Å²) in [7, 11) is 0. The van der Waals surface area contributed by atoms with Crippen LogP contribution in [-0.4, -0.2) is 11.0 Å². The zero-order valence-electron chi connectivity index (χ0n) is 11.2. The third kappa shape index (κ3) is 2.91. The lowest BCUT2D eigenvalue weighted by atomic mass is 10.1. The second kappa shape index (κ2) is 5.65. The van der Waals surface area contributed by atoms with Crippen LogP contribution in [0.1, 0.15) is 12.7 Å². The minimum atomic E-state index is 0.303. The average molecular weight is 268 g/mol. The molecule has 0 bridgehead atoms. The summed E-state index contributed by atoms with van der Waals surface area (Å²) < 4.78 is 10.6. The first kappa shape index (κ1) is 12.5. The highest BCUT2D eigenvalue weighted by molar-refractivity contribution is 5.60. The lowest BCUT2D eigenvalue weighted by Gasteiger charge is -2.14. The van der Waals surface area contributed by atoms with Crippen LogP contribution in [-0.2, 0) is 6.42 Å². The van der Waals surface area contributed by atoms with Crippen LogP contribution in [0.3, 0.4) is 0 Å². The number of nitrogens with one attached hydrogen (secondary N) is 1. The van der Waals surface area contributed by atoms with Gasteiger partial charge in [-0.25, -0.2) is 4.98 Å². The van der Waals surface area contributed by atoms with Gasteiger partial charge in [0, 0.05) is 23.7 Å². The van der Waals surface area contributed by atoms with Gasteiger partial charge in [0.25, 0.3) is 0 Å². The first-order valence-electron chi connectivity index (χ1n) is 6.59. The summed E-state index contributed by atoms with van der Waals surface area (Å²) in [6, 6.07) is 12.3. The average Bonchev–Trinajstić information content (AvgIpc) is 3.12. The van der Waals surface area contributed by atoms with E-state index in [2.05, 4.69) is 17.2 Å². The highest BCUT2D eigenvalue weighted by Gasteiger charge is 2.06. The van der Waals surface area contributed by atoms with Gasteiger partial charge in [0.2, 0.25) is 0 Å². The van der Waals surface area contributed by atoms with E-state index in [1.807, 2.05) is 36.4 Å². The van der Waals surface area contributed by atoms with Crippen LogP contribution in [0.15, 0.2) is 64.1 Å². The largest absolute Gasteiger partial charge is 0.469 e. The molecule has 2 heterocycles. The maximum Gasteiger partial charge on any atom is 0.181 e. The van der Waals surface area contributed by atoms with E-state index in [1.165, 1.54) is 6.39 Å².